The van der Waals surface area contributed by atoms with Crippen LogP contribution in [0.1, 0.15) is 5.56 Å². The van der Waals surface area contributed by atoms with Crippen LogP contribution in [0.25, 0.3) is 0 Å². The van der Waals surface area contributed by atoms with Gasteiger partial charge in [-0.15, -0.1) is 0 Å². The van der Waals surface area contributed by atoms with E-state index in [2.05, 4.69) is 5.32 Å². The number of phenols is 1. The minimum atomic E-state index is -0.133. The molecule has 0 spiro atoms. The van der Waals surface area contributed by atoms with Gasteiger partial charge in [-0.1, -0.05) is 18.2 Å². The van der Waals surface area contributed by atoms with Crippen LogP contribution in [0.15, 0.2) is 24.3 Å². The van der Waals surface area contributed by atoms with E-state index in [9.17, 15) is 9.90 Å². The Morgan fingerprint density at radius 2 is 2.06 bits per heavy atom. The summed E-state index contributed by atoms with van der Waals surface area (Å²) in [5.74, 6) is 0.0100. The summed E-state index contributed by atoms with van der Waals surface area (Å²) in [6.45, 7) is 1.98. The number of rotatable bonds is 8. The molecule has 0 saturated heterocycles. The van der Waals surface area contributed by atoms with Crippen molar-refractivity contribution in [3.63, 3.8) is 0 Å². The Morgan fingerprint density at radius 3 is 2.78 bits per heavy atom. The van der Waals surface area contributed by atoms with E-state index in [1.165, 1.54) is 0 Å². The van der Waals surface area contributed by atoms with Crippen molar-refractivity contribution >= 4 is 5.91 Å². The predicted octanol–water partition coefficient (Wildman–Crippen LogP) is 0.714. The van der Waals surface area contributed by atoms with Crippen molar-refractivity contribution in [2.45, 2.75) is 6.42 Å². The molecule has 5 heteroatoms. The lowest BCUT2D eigenvalue weighted by Gasteiger charge is -2.07. The van der Waals surface area contributed by atoms with Crippen molar-refractivity contribution in [1.29, 1.82) is 0 Å². The Bertz CT molecular complexity index is 368. The first-order valence-electron chi connectivity index (χ1n) is 5.84. The molecule has 1 amide bonds. The Kier molecular flexibility index (Phi) is 6.83. The minimum Gasteiger partial charge on any atom is -0.508 e. The van der Waals surface area contributed by atoms with Crippen LogP contribution >= 0.6 is 0 Å². The highest BCUT2D eigenvalue weighted by Crippen LogP contribution is 2.15. The smallest absolute Gasteiger partial charge is 0.224 e. The Labute approximate surface area is 107 Å². The average Bonchev–Trinajstić information content (AvgIpc) is 2.36. The summed E-state index contributed by atoms with van der Waals surface area (Å²) in [5.41, 5.74) is 0.621. The van der Waals surface area contributed by atoms with Crippen LogP contribution in [0.4, 0.5) is 0 Å². The van der Waals surface area contributed by atoms with Crippen molar-refractivity contribution in [2.24, 2.45) is 0 Å². The Balaban J connectivity index is 2.16. The van der Waals surface area contributed by atoms with Crippen LogP contribution in [0.2, 0.25) is 0 Å². The van der Waals surface area contributed by atoms with E-state index in [-0.39, 0.29) is 18.1 Å². The lowest BCUT2D eigenvalue weighted by molar-refractivity contribution is -0.120. The molecule has 0 aliphatic carbocycles. The highest BCUT2D eigenvalue weighted by molar-refractivity contribution is 5.79. The van der Waals surface area contributed by atoms with Crippen molar-refractivity contribution in [2.75, 3.05) is 33.5 Å². The highest BCUT2D eigenvalue weighted by atomic mass is 16.5. The molecule has 100 valence electrons. The van der Waals surface area contributed by atoms with E-state index in [0.29, 0.717) is 31.9 Å². The quantitative estimate of drug-likeness (QED) is 0.670. The molecule has 0 bridgehead atoms. The molecule has 5 nitrogen and oxygen atoms in total. The third-order valence-electron chi connectivity index (χ3n) is 2.34. The molecule has 1 rings (SSSR count). The average molecular weight is 253 g/mol. The van der Waals surface area contributed by atoms with Gasteiger partial charge in [0.25, 0.3) is 0 Å². The van der Waals surface area contributed by atoms with Gasteiger partial charge < -0.3 is 19.9 Å². The summed E-state index contributed by atoms with van der Waals surface area (Å²) in [6.07, 6.45) is 0.171. The molecule has 2 N–H and O–H groups in total. The third kappa shape index (κ3) is 5.65. The maximum absolute atomic E-state index is 11.6. The SMILES string of the molecule is COCCOCCNC(=O)Cc1ccccc1O. The van der Waals surface area contributed by atoms with Gasteiger partial charge in [0.15, 0.2) is 0 Å². The van der Waals surface area contributed by atoms with Gasteiger partial charge in [-0.25, -0.2) is 0 Å². The summed E-state index contributed by atoms with van der Waals surface area (Å²) >= 11 is 0. The lowest BCUT2D eigenvalue weighted by Crippen LogP contribution is -2.29. The van der Waals surface area contributed by atoms with E-state index in [1.54, 1.807) is 31.4 Å². The molecule has 0 aromatic heterocycles. The molecule has 0 unspecified atom stereocenters. The second-order valence-corrected chi connectivity index (χ2v) is 3.76. The summed E-state index contributed by atoms with van der Waals surface area (Å²) in [4.78, 5) is 11.6. The highest BCUT2D eigenvalue weighted by Gasteiger charge is 2.06. The van der Waals surface area contributed by atoms with Gasteiger partial charge >= 0.3 is 0 Å². The molecule has 0 aliphatic heterocycles. The van der Waals surface area contributed by atoms with E-state index in [4.69, 9.17) is 9.47 Å². The number of phenolic OH excluding ortho intramolecular Hbond substituents is 1. The first-order valence-corrected chi connectivity index (χ1v) is 5.84. The molecule has 1 aromatic rings. The number of benzene rings is 1. The maximum Gasteiger partial charge on any atom is 0.224 e. The molecule has 0 aliphatic rings. The monoisotopic (exact) mass is 253 g/mol. The second-order valence-electron chi connectivity index (χ2n) is 3.76. The summed E-state index contributed by atoms with van der Waals surface area (Å²) in [7, 11) is 1.61. The molecular formula is C13H19NO4. The molecule has 0 heterocycles. The fraction of sp³-hybridized carbons (Fsp3) is 0.462. The fourth-order valence-corrected chi connectivity index (χ4v) is 1.40. The van der Waals surface area contributed by atoms with Crippen LogP contribution in [0.5, 0.6) is 5.75 Å². The Morgan fingerprint density at radius 1 is 1.28 bits per heavy atom. The van der Waals surface area contributed by atoms with Gasteiger partial charge in [-0.05, 0) is 6.07 Å². The number of amides is 1. The molecule has 0 radical (unpaired) electrons. The Hall–Kier alpha value is -1.59. The number of carbonyl (C=O) groups is 1. The molecule has 0 saturated carbocycles. The molecular weight excluding hydrogens is 234 g/mol. The number of hydrogen-bond donors (Lipinski definition) is 2. The van der Waals surface area contributed by atoms with Crippen LogP contribution in [0.3, 0.4) is 0 Å². The van der Waals surface area contributed by atoms with Crippen LogP contribution in [-0.2, 0) is 20.7 Å². The van der Waals surface area contributed by atoms with Crippen LogP contribution in [0, 0.1) is 0 Å². The van der Waals surface area contributed by atoms with E-state index < -0.39 is 0 Å². The zero-order valence-electron chi connectivity index (χ0n) is 10.5. The van der Waals surface area contributed by atoms with Crippen molar-refractivity contribution in [3.8, 4) is 5.75 Å². The molecule has 1 aromatic carbocycles. The minimum absolute atomic E-state index is 0.133. The van der Waals surface area contributed by atoms with E-state index in [1.807, 2.05) is 0 Å². The van der Waals surface area contributed by atoms with Crippen molar-refractivity contribution in [3.05, 3.63) is 29.8 Å². The van der Waals surface area contributed by atoms with Crippen molar-refractivity contribution in [1.82, 2.24) is 5.32 Å². The number of hydrogen-bond acceptors (Lipinski definition) is 4. The largest absolute Gasteiger partial charge is 0.508 e. The number of methoxy groups -OCH3 is 1. The number of ether oxygens (including phenoxy) is 2. The number of carbonyl (C=O) groups excluding carboxylic acids is 1. The third-order valence-corrected chi connectivity index (χ3v) is 2.34. The van der Waals surface area contributed by atoms with Gasteiger partial charge in [-0.2, -0.15) is 0 Å². The fourth-order valence-electron chi connectivity index (χ4n) is 1.40. The molecule has 0 fully saturated rings. The summed E-state index contributed by atoms with van der Waals surface area (Å²) in [5, 5.41) is 12.2. The standard InChI is InChI=1S/C13H19NO4/c1-17-8-9-18-7-6-14-13(16)10-11-4-2-3-5-12(11)15/h2-5,15H,6-10H2,1H3,(H,14,16). The molecule has 0 atom stereocenters. The number of aromatic hydroxyl groups is 1. The first kappa shape index (κ1) is 14.5. The topological polar surface area (TPSA) is 67.8 Å². The summed E-state index contributed by atoms with van der Waals surface area (Å²) < 4.78 is 10.0. The zero-order chi connectivity index (χ0) is 13.2. The van der Waals surface area contributed by atoms with Crippen LogP contribution in [-0.4, -0.2) is 44.5 Å². The van der Waals surface area contributed by atoms with Crippen molar-refractivity contribution < 1.29 is 19.4 Å². The normalized spacial score (nSPS) is 10.3. The number of nitrogens with one attached hydrogen (secondary N) is 1. The van der Waals surface area contributed by atoms with Gasteiger partial charge in [0.1, 0.15) is 5.75 Å². The first-order chi connectivity index (χ1) is 8.74. The number of para-hydroxylation sites is 1. The van der Waals surface area contributed by atoms with Gasteiger partial charge in [-0.3, -0.25) is 4.79 Å². The van der Waals surface area contributed by atoms with E-state index >= 15 is 0 Å². The van der Waals surface area contributed by atoms with Crippen LogP contribution < -0.4 is 5.32 Å². The molecule has 18 heavy (non-hydrogen) atoms. The second kappa shape index (κ2) is 8.49. The van der Waals surface area contributed by atoms with Gasteiger partial charge in [0.05, 0.1) is 26.2 Å². The van der Waals surface area contributed by atoms with Gasteiger partial charge in [0.2, 0.25) is 5.91 Å². The summed E-state index contributed by atoms with van der Waals surface area (Å²) in [6, 6.07) is 6.80. The predicted molar refractivity (Wildman–Crippen MR) is 67.5 cm³/mol. The van der Waals surface area contributed by atoms with E-state index in [0.717, 1.165) is 0 Å². The van der Waals surface area contributed by atoms with Gasteiger partial charge in [0, 0.05) is 19.2 Å². The zero-order valence-corrected chi connectivity index (χ0v) is 10.5. The lowest BCUT2D eigenvalue weighted by atomic mass is 10.1. The maximum atomic E-state index is 11.6.